The fourth-order valence-electron chi connectivity index (χ4n) is 2.41. The molecule has 1 fully saturated rings. The van der Waals surface area contributed by atoms with Crippen LogP contribution in [0.2, 0.25) is 0 Å². The molecule has 3 heteroatoms. The number of nitrogens with one attached hydrogen (secondary N) is 1. The van der Waals surface area contributed by atoms with Gasteiger partial charge in [-0.25, -0.2) is 0 Å². The van der Waals surface area contributed by atoms with E-state index in [-0.39, 0.29) is 0 Å². The summed E-state index contributed by atoms with van der Waals surface area (Å²) < 4.78 is 5.46. The Bertz CT molecular complexity index is 313. The van der Waals surface area contributed by atoms with Crippen LogP contribution in [0, 0.1) is 12.8 Å². The first-order valence-electron chi connectivity index (χ1n) is 5.93. The van der Waals surface area contributed by atoms with E-state index in [9.17, 15) is 0 Å². The van der Waals surface area contributed by atoms with Crippen molar-refractivity contribution in [2.24, 2.45) is 5.92 Å². The second-order valence-corrected chi connectivity index (χ2v) is 4.46. The van der Waals surface area contributed by atoms with E-state index in [2.05, 4.69) is 10.3 Å². The number of nitrogens with zero attached hydrogens (tertiary/aromatic N) is 1. The molecule has 3 nitrogen and oxygen atoms in total. The first kappa shape index (κ1) is 10.5. The molecule has 0 amide bonds. The fraction of sp³-hybridized carbons (Fsp3) is 0.750. The topological polar surface area (TPSA) is 38.1 Å². The van der Waals surface area contributed by atoms with E-state index < -0.39 is 0 Å². The third-order valence-corrected chi connectivity index (χ3v) is 3.37. The fourth-order valence-corrected chi connectivity index (χ4v) is 2.41. The lowest BCUT2D eigenvalue weighted by molar-refractivity contribution is 0.495. The molecule has 1 aromatic rings. The average Bonchev–Trinajstić information content (AvgIpc) is 2.84. The van der Waals surface area contributed by atoms with E-state index in [1.54, 1.807) is 0 Å². The Balaban J connectivity index is 1.89. The van der Waals surface area contributed by atoms with Crippen LogP contribution >= 0.6 is 0 Å². The second-order valence-electron chi connectivity index (χ2n) is 4.46. The van der Waals surface area contributed by atoms with Crippen molar-refractivity contribution in [2.75, 3.05) is 12.4 Å². The summed E-state index contributed by atoms with van der Waals surface area (Å²) >= 11 is 0. The van der Waals surface area contributed by atoms with Gasteiger partial charge in [-0.2, -0.15) is 4.98 Å². The van der Waals surface area contributed by atoms with Gasteiger partial charge in [0.05, 0.1) is 5.69 Å². The van der Waals surface area contributed by atoms with Gasteiger partial charge in [-0.15, -0.1) is 0 Å². The number of aryl methyl sites for hydroxylation is 2. The highest BCUT2D eigenvalue weighted by atomic mass is 16.4. The zero-order valence-electron chi connectivity index (χ0n) is 9.68. The van der Waals surface area contributed by atoms with Crippen LogP contribution in [-0.2, 0) is 6.42 Å². The number of rotatable bonds is 4. The Labute approximate surface area is 91.3 Å². The van der Waals surface area contributed by atoms with E-state index in [4.69, 9.17) is 4.42 Å². The maximum Gasteiger partial charge on any atom is 0.294 e. The molecule has 0 bridgehead atoms. The molecule has 84 valence electrons. The molecule has 0 radical (unpaired) electrons. The maximum absolute atomic E-state index is 5.46. The third-order valence-electron chi connectivity index (χ3n) is 3.37. The lowest BCUT2D eigenvalue weighted by Gasteiger charge is -2.06. The molecule has 2 rings (SSSR count). The molecule has 0 spiro atoms. The molecule has 0 aromatic carbocycles. The molecule has 1 heterocycles. The second kappa shape index (κ2) is 4.69. The summed E-state index contributed by atoms with van der Waals surface area (Å²) in [5.41, 5.74) is 1.13. The summed E-state index contributed by atoms with van der Waals surface area (Å²) in [6, 6.07) is 0.647. The van der Waals surface area contributed by atoms with Gasteiger partial charge in [0.2, 0.25) is 0 Å². The average molecular weight is 208 g/mol. The van der Waals surface area contributed by atoms with Gasteiger partial charge in [0, 0.05) is 7.05 Å². The predicted molar refractivity (Wildman–Crippen MR) is 61.1 cm³/mol. The molecule has 0 saturated heterocycles. The van der Waals surface area contributed by atoms with Crippen LogP contribution in [0.1, 0.15) is 43.6 Å². The van der Waals surface area contributed by atoms with Crippen molar-refractivity contribution >= 4 is 6.01 Å². The van der Waals surface area contributed by atoms with Crippen molar-refractivity contribution < 1.29 is 4.42 Å². The van der Waals surface area contributed by atoms with Crippen molar-refractivity contribution in [2.45, 2.75) is 45.4 Å². The van der Waals surface area contributed by atoms with E-state index in [0.29, 0.717) is 6.01 Å². The SMILES string of the molecule is CNc1nc(CCC2CCCC2)c(C)o1. The molecule has 15 heavy (non-hydrogen) atoms. The van der Waals surface area contributed by atoms with Gasteiger partial charge < -0.3 is 9.73 Å². The molecule has 0 atom stereocenters. The van der Waals surface area contributed by atoms with E-state index in [0.717, 1.165) is 23.8 Å². The van der Waals surface area contributed by atoms with Crippen molar-refractivity contribution in [1.82, 2.24) is 4.98 Å². The molecule has 1 aromatic heterocycles. The number of aromatic nitrogens is 1. The summed E-state index contributed by atoms with van der Waals surface area (Å²) in [7, 11) is 1.84. The number of oxazole rings is 1. The summed E-state index contributed by atoms with van der Waals surface area (Å²) in [6.45, 7) is 2.00. The summed E-state index contributed by atoms with van der Waals surface area (Å²) in [5, 5.41) is 2.94. The summed E-state index contributed by atoms with van der Waals surface area (Å²) in [5.74, 6) is 1.90. The van der Waals surface area contributed by atoms with Crippen molar-refractivity contribution in [3.8, 4) is 0 Å². The number of anilines is 1. The van der Waals surface area contributed by atoms with Crippen molar-refractivity contribution in [1.29, 1.82) is 0 Å². The van der Waals surface area contributed by atoms with Gasteiger partial charge in [-0.3, -0.25) is 0 Å². The Hall–Kier alpha value is -0.990. The first-order valence-corrected chi connectivity index (χ1v) is 5.93. The molecular weight excluding hydrogens is 188 g/mol. The molecule has 1 aliphatic carbocycles. The number of hydrogen-bond donors (Lipinski definition) is 1. The van der Waals surface area contributed by atoms with Gasteiger partial charge in [0.1, 0.15) is 5.76 Å². The minimum atomic E-state index is 0.647. The quantitative estimate of drug-likeness (QED) is 0.826. The minimum absolute atomic E-state index is 0.647. The highest BCUT2D eigenvalue weighted by molar-refractivity contribution is 5.24. The smallest absolute Gasteiger partial charge is 0.294 e. The largest absolute Gasteiger partial charge is 0.429 e. The van der Waals surface area contributed by atoms with Crippen LogP contribution in [-0.4, -0.2) is 12.0 Å². The lowest BCUT2D eigenvalue weighted by Crippen LogP contribution is -1.98. The highest BCUT2D eigenvalue weighted by Crippen LogP contribution is 2.29. The van der Waals surface area contributed by atoms with Gasteiger partial charge >= 0.3 is 0 Å². The Kier molecular flexibility index (Phi) is 3.29. The van der Waals surface area contributed by atoms with Gasteiger partial charge in [-0.1, -0.05) is 25.7 Å². The minimum Gasteiger partial charge on any atom is -0.429 e. The van der Waals surface area contributed by atoms with E-state index >= 15 is 0 Å². The zero-order valence-corrected chi connectivity index (χ0v) is 9.68. The van der Waals surface area contributed by atoms with Gasteiger partial charge in [0.25, 0.3) is 6.01 Å². The monoisotopic (exact) mass is 208 g/mol. The highest BCUT2D eigenvalue weighted by Gasteiger charge is 2.16. The van der Waals surface area contributed by atoms with Crippen LogP contribution in [0.15, 0.2) is 4.42 Å². The normalized spacial score (nSPS) is 17.2. The first-order chi connectivity index (χ1) is 7.29. The standard InChI is InChI=1S/C12H20N2O/c1-9-11(14-12(13-2)15-9)8-7-10-5-3-4-6-10/h10H,3-8H2,1-2H3,(H,13,14). The third kappa shape index (κ3) is 2.52. The van der Waals surface area contributed by atoms with Crippen molar-refractivity contribution in [3.63, 3.8) is 0 Å². The summed E-state index contributed by atoms with van der Waals surface area (Å²) in [6.07, 6.45) is 8.01. The molecular formula is C12H20N2O. The predicted octanol–water partition coefficient (Wildman–Crippen LogP) is 3.15. The maximum atomic E-state index is 5.46. The Morgan fingerprint density at radius 3 is 2.73 bits per heavy atom. The molecule has 0 aliphatic heterocycles. The van der Waals surface area contributed by atoms with Crippen LogP contribution in [0.5, 0.6) is 0 Å². The van der Waals surface area contributed by atoms with Crippen LogP contribution in [0.3, 0.4) is 0 Å². The Morgan fingerprint density at radius 2 is 2.13 bits per heavy atom. The van der Waals surface area contributed by atoms with E-state index in [1.165, 1.54) is 32.1 Å². The van der Waals surface area contributed by atoms with Crippen molar-refractivity contribution in [3.05, 3.63) is 11.5 Å². The van der Waals surface area contributed by atoms with Crippen LogP contribution in [0.4, 0.5) is 6.01 Å². The van der Waals surface area contributed by atoms with Crippen LogP contribution < -0.4 is 5.32 Å². The lowest BCUT2D eigenvalue weighted by atomic mass is 10.0. The number of hydrogen-bond acceptors (Lipinski definition) is 3. The molecule has 1 N–H and O–H groups in total. The molecule has 0 unspecified atom stereocenters. The molecule has 1 aliphatic rings. The van der Waals surface area contributed by atoms with E-state index in [1.807, 2.05) is 14.0 Å². The van der Waals surface area contributed by atoms with Crippen LogP contribution in [0.25, 0.3) is 0 Å². The van der Waals surface area contributed by atoms with Gasteiger partial charge in [-0.05, 0) is 25.7 Å². The summed E-state index contributed by atoms with van der Waals surface area (Å²) in [4.78, 5) is 4.41. The van der Waals surface area contributed by atoms with Gasteiger partial charge in [0.15, 0.2) is 0 Å². The zero-order chi connectivity index (χ0) is 10.7. The molecule has 1 saturated carbocycles. The Morgan fingerprint density at radius 1 is 1.40 bits per heavy atom.